The summed E-state index contributed by atoms with van der Waals surface area (Å²) in [7, 11) is 0. The summed E-state index contributed by atoms with van der Waals surface area (Å²) in [6, 6.07) is 0. The second-order valence-corrected chi connectivity index (χ2v) is 4.16. The molecule has 0 aliphatic carbocycles. The third-order valence-corrected chi connectivity index (χ3v) is 2.45. The van der Waals surface area contributed by atoms with Crippen molar-refractivity contribution in [3.63, 3.8) is 0 Å². The normalized spacial score (nSPS) is 10.6. The van der Waals surface area contributed by atoms with Gasteiger partial charge in [-0.3, -0.25) is 0 Å². The Morgan fingerprint density at radius 1 is 1.31 bits per heavy atom. The Bertz CT molecular complexity index is 324. The van der Waals surface area contributed by atoms with Crippen LogP contribution in [0.4, 0.5) is 11.6 Å². The monoisotopic (exact) mass is 223 g/mol. The maximum atomic E-state index is 5.40. The number of anilines is 2. The zero-order valence-corrected chi connectivity index (χ0v) is 10.2. The maximum Gasteiger partial charge on any atom is 0.148 e. The summed E-state index contributed by atoms with van der Waals surface area (Å²) in [5.74, 6) is 7.67. The number of rotatable bonds is 6. The summed E-state index contributed by atoms with van der Waals surface area (Å²) in [5.41, 5.74) is 3.63. The predicted molar refractivity (Wildman–Crippen MR) is 67.2 cm³/mol. The van der Waals surface area contributed by atoms with E-state index in [1.54, 1.807) is 0 Å². The quantitative estimate of drug-likeness (QED) is 0.506. The van der Waals surface area contributed by atoms with Crippen LogP contribution in [0.15, 0.2) is 6.33 Å². The number of nitrogens with one attached hydrogen (secondary N) is 2. The minimum absolute atomic E-state index is 0.687. The fraction of sp³-hybridized carbons (Fsp3) is 0.636. The van der Waals surface area contributed by atoms with Crippen molar-refractivity contribution in [1.29, 1.82) is 0 Å². The van der Waals surface area contributed by atoms with Crippen LogP contribution in [0, 0.1) is 5.92 Å². The molecule has 16 heavy (non-hydrogen) atoms. The smallest absolute Gasteiger partial charge is 0.148 e. The molecule has 5 nitrogen and oxygen atoms in total. The predicted octanol–water partition coefficient (Wildman–Crippen LogP) is 1.78. The van der Waals surface area contributed by atoms with E-state index in [9.17, 15) is 0 Å². The molecule has 1 rings (SSSR count). The molecule has 0 radical (unpaired) electrons. The van der Waals surface area contributed by atoms with Crippen molar-refractivity contribution in [2.75, 3.05) is 17.3 Å². The summed E-state index contributed by atoms with van der Waals surface area (Å²) in [4.78, 5) is 8.32. The molecular formula is C11H21N5. The first-order valence-corrected chi connectivity index (χ1v) is 5.73. The summed E-state index contributed by atoms with van der Waals surface area (Å²) in [5, 5.41) is 3.32. The van der Waals surface area contributed by atoms with Crippen molar-refractivity contribution in [2.45, 2.75) is 33.6 Å². The van der Waals surface area contributed by atoms with Gasteiger partial charge in [0, 0.05) is 12.1 Å². The highest BCUT2D eigenvalue weighted by atomic mass is 15.3. The Morgan fingerprint density at radius 3 is 2.56 bits per heavy atom. The van der Waals surface area contributed by atoms with Crippen molar-refractivity contribution < 1.29 is 0 Å². The largest absolute Gasteiger partial charge is 0.370 e. The van der Waals surface area contributed by atoms with Gasteiger partial charge in [0.05, 0.1) is 0 Å². The van der Waals surface area contributed by atoms with E-state index in [2.05, 4.69) is 41.5 Å². The van der Waals surface area contributed by atoms with Gasteiger partial charge in [0.2, 0.25) is 0 Å². The molecule has 0 saturated heterocycles. The average molecular weight is 223 g/mol. The van der Waals surface area contributed by atoms with Crippen LogP contribution in [0.3, 0.4) is 0 Å². The first-order chi connectivity index (χ1) is 7.69. The standard InChI is InChI=1S/C11H21N5/c1-4-9-10(13-6-5-8(2)3)14-7-15-11(9)16-12/h7-8H,4-6,12H2,1-3H3,(H2,13,14,15,16). The van der Waals surface area contributed by atoms with E-state index >= 15 is 0 Å². The van der Waals surface area contributed by atoms with Crippen LogP contribution in [0.5, 0.6) is 0 Å². The van der Waals surface area contributed by atoms with Crippen LogP contribution in [0.2, 0.25) is 0 Å². The van der Waals surface area contributed by atoms with E-state index in [1.165, 1.54) is 6.33 Å². The van der Waals surface area contributed by atoms with E-state index in [-0.39, 0.29) is 0 Å². The molecule has 4 N–H and O–H groups in total. The highest BCUT2D eigenvalue weighted by molar-refractivity contribution is 5.56. The zero-order chi connectivity index (χ0) is 12.0. The molecule has 0 bridgehead atoms. The van der Waals surface area contributed by atoms with E-state index in [1.807, 2.05) is 0 Å². The molecule has 5 heteroatoms. The molecule has 0 aliphatic rings. The topological polar surface area (TPSA) is 75.9 Å². The van der Waals surface area contributed by atoms with Gasteiger partial charge in [0.15, 0.2) is 0 Å². The lowest BCUT2D eigenvalue weighted by Gasteiger charge is -2.13. The number of nitrogen functional groups attached to an aromatic ring is 1. The summed E-state index contributed by atoms with van der Waals surface area (Å²) >= 11 is 0. The van der Waals surface area contributed by atoms with Crippen LogP contribution in [0.1, 0.15) is 32.8 Å². The third-order valence-electron chi connectivity index (χ3n) is 2.45. The van der Waals surface area contributed by atoms with Gasteiger partial charge in [0.1, 0.15) is 18.0 Å². The summed E-state index contributed by atoms with van der Waals surface area (Å²) in [6.45, 7) is 7.39. The van der Waals surface area contributed by atoms with Gasteiger partial charge in [-0.1, -0.05) is 20.8 Å². The van der Waals surface area contributed by atoms with Gasteiger partial charge >= 0.3 is 0 Å². The lowest BCUT2D eigenvalue weighted by Crippen LogP contribution is -2.14. The lowest BCUT2D eigenvalue weighted by atomic mass is 10.1. The minimum atomic E-state index is 0.687. The highest BCUT2D eigenvalue weighted by Gasteiger charge is 2.08. The van der Waals surface area contributed by atoms with Crippen LogP contribution >= 0.6 is 0 Å². The number of hydrazine groups is 1. The highest BCUT2D eigenvalue weighted by Crippen LogP contribution is 2.19. The molecule has 1 aromatic heterocycles. The number of nitrogens with zero attached hydrogens (tertiary/aromatic N) is 2. The number of aromatic nitrogens is 2. The van der Waals surface area contributed by atoms with Crippen molar-refractivity contribution >= 4 is 11.6 Å². The van der Waals surface area contributed by atoms with Gasteiger partial charge in [0.25, 0.3) is 0 Å². The molecule has 90 valence electrons. The van der Waals surface area contributed by atoms with Crippen LogP contribution in [0.25, 0.3) is 0 Å². The Kier molecular flexibility index (Phi) is 4.98. The third kappa shape index (κ3) is 3.34. The summed E-state index contributed by atoms with van der Waals surface area (Å²) < 4.78 is 0. The molecule has 1 aromatic rings. The van der Waals surface area contributed by atoms with Crippen molar-refractivity contribution in [3.8, 4) is 0 Å². The molecule has 0 aromatic carbocycles. The van der Waals surface area contributed by atoms with Crippen LogP contribution < -0.4 is 16.6 Å². The minimum Gasteiger partial charge on any atom is -0.370 e. The first kappa shape index (κ1) is 12.7. The molecule has 0 amide bonds. The van der Waals surface area contributed by atoms with Crippen LogP contribution in [-0.2, 0) is 6.42 Å². The molecular weight excluding hydrogens is 202 g/mol. The maximum absolute atomic E-state index is 5.40. The molecule has 1 heterocycles. The van der Waals surface area contributed by atoms with Crippen LogP contribution in [-0.4, -0.2) is 16.5 Å². The zero-order valence-electron chi connectivity index (χ0n) is 10.2. The van der Waals surface area contributed by atoms with E-state index in [0.29, 0.717) is 11.7 Å². The molecule has 0 saturated carbocycles. The van der Waals surface area contributed by atoms with Crippen molar-refractivity contribution in [1.82, 2.24) is 9.97 Å². The molecule has 0 unspecified atom stereocenters. The number of hydrogen-bond donors (Lipinski definition) is 3. The van der Waals surface area contributed by atoms with Gasteiger partial charge in [-0.2, -0.15) is 0 Å². The average Bonchev–Trinajstić information content (AvgIpc) is 2.28. The number of hydrogen-bond acceptors (Lipinski definition) is 5. The summed E-state index contributed by atoms with van der Waals surface area (Å²) in [6.07, 6.45) is 3.50. The van der Waals surface area contributed by atoms with Crippen molar-refractivity contribution in [3.05, 3.63) is 11.9 Å². The number of nitrogens with two attached hydrogens (primary N) is 1. The van der Waals surface area contributed by atoms with Gasteiger partial charge < -0.3 is 10.7 Å². The second-order valence-electron chi connectivity index (χ2n) is 4.16. The van der Waals surface area contributed by atoms with E-state index < -0.39 is 0 Å². The lowest BCUT2D eigenvalue weighted by molar-refractivity contribution is 0.606. The molecule has 0 fully saturated rings. The Labute approximate surface area is 96.8 Å². The second kappa shape index (κ2) is 6.27. The molecule has 0 spiro atoms. The van der Waals surface area contributed by atoms with Gasteiger partial charge in [-0.15, -0.1) is 0 Å². The molecule has 0 aliphatic heterocycles. The Balaban J connectivity index is 2.71. The fourth-order valence-corrected chi connectivity index (χ4v) is 1.50. The first-order valence-electron chi connectivity index (χ1n) is 5.73. The van der Waals surface area contributed by atoms with Gasteiger partial charge in [-0.05, 0) is 18.8 Å². The van der Waals surface area contributed by atoms with E-state index in [4.69, 9.17) is 5.84 Å². The fourth-order valence-electron chi connectivity index (χ4n) is 1.50. The van der Waals surface area contributed by atoms with Crippen molar-refractivity contribution in [2.24, 2.45) is 11.8 Å². The Morgan fingerprint density at radius 2 is 2.00 bits per heavy atom. The Hall–Kier alpha value is -1.36. The molecule has 0 atom stereocenters. The van der Waals surface area contributed by atoms with E-state index in [0.717, 1.165) is 30.8 Å². The SMILES string of the molecule is CCc1c(NN)ncnc1NCCC(C)C. The van der Waals surface area contributed by atoms with Gasteiger partial charge in [-0.25, -0.2) is 15.8 Å².